The highest BCUT2D eigenvalue weighted by molar-refractivity contribution is 8.19. The lowest BCUT2D eigenvalue weighted by molar-refractivity contribution is -0.113. The Morgan fingerprint density at radius 1 is 1.07 bits per heavy atom. The van der Waals surface area contributed by atoms with Crippen molar-refractivity contribution in [2.45, 2.75) is 13.3 Å². The lowest BCUT2D eigenvalue weighted by atomic mass is 10.0. The van der Waals surface area contributed by atoms with Gasteiger partial charge in [-0.3, -0.25) is 9.59 Å². The van der Waals surface area contributed by atoms with Gasteiger partial charge in [0.2, 0.25) is 0 Å². The monoisotopic (exact) mass is 421 g/mol. The van der Waals surface area contributed by atoms with E-state index in [0.717, 1.165) is 22.9 Å². The summed E-state index contributed by atoms with van der Waals surface area (Å²) in [5.74, 6) is 0.866. The smallest absolute Gasteiger partial charge is 0.298 e. The number of anilines is 1. The van der Waals surface area contributed by atoms with Crippen molar-refractivity contribution in [2.75, 3.05) is 18.1 Å². The van der Waals surface area contributed by atoms with Gasteiger partial charge in [-0.25, -0.2) is 4.90 Å². The maximum atomic E-state index is 12.9. The van der Waals surface area contributed by atoms with Crippen molar-refractivity contribution in [3.63, 3.8) is 0 Å². The minimum absolute atomic E-state index is 0.320. The number of rotatable bonds is 9. The van der Waals surface area contributed by atoms with Crippen LogP contribution in [0.2, 0.25) is 0 Å². The van der Waals surface area contributed by atoms with Crippen LogP contribution in [0.15, 0.2) is 72.7 Å². The van der Waals surface area contributed by atoms with E-state index in [9.17, 15) is 9.59 Å². The number of ether oxygens (including phenoxy) is 2. The molecule has 0 spiro atoms. The van der Waals surface area contributed by atoms with Crippen LogP contribution in [-0.2, 0) is 11.2 Å². The molecule has 2 amide bonds. The third-order valence-electron chi connectivity index (χ3n) is 4.27. The van der Waals surface area contributed by atoms with E-state index in [0.29, 0.717) is 41.7 Å². The molecule has 1 fully saturated rings. The Kier molecular flexibility index (Phi) is 7.14. The zero-order valence-electron chi connectivity index (χ0n) is 16.8. The molecule has 30 heavy (non-hydrogen) atoms. The second-order valence-corrected chi connectivity index (χ2v) is 7.38. The molecule has 1 aliphatic rings. The molecule has 1 aliphatic heterocycles. The van der Waals surface area contributed by atoms with E-state index >= 15 is 0 Å². The Labute approximate surface area is 180 Å². The number of allylic oxidation sites excluding steroid dienone is 1. The molecule has 0 aromatic heterocycles. The Morgan fingerprint density at radius 3 is 2.50 bits per heavy atom. The van der Waals surface area contributed by atoms with Gasteiger partial charge in [-0.2, -0.15) is 0 Å². The van der Waals surface area contributed by atoms with E-state index in [1.54, 1.807) is 42.5 Å². The molecule has 0 aliphatic carbocycles. The van der Waals surface area contributed by atoms with Crippen LogP contribution in [0, 0.1) is 0 Å². The summed E-state index contributed by atoms with van der Waals surface area (Å²) >= 11 is 0.921. The van der Waals surface area contributed by atoms with E-state index in [-0.39, 0.29) is 11.1 Å². The Bertz CT molecular complexity index is 998. The third kappa shape index (κ3) is 4.66. The first kappa shape index (κ1) is 21.5. The van der Waals surface area contributed by atoms with Crippen molar-refractivity contribution in [2.24, 2.45) is 0 Å². The molecular weight excluding hydrogens is 398 g/mol. The lowest BCUT2D eigenvalue weighted by Gasteiger charge is -2.16. The minimum Gasteiger partial charge on any atom is -0.490 e. The molecule has 0 N–H and O–H groups in total. The predicted octanol–water partition coefficient (Wildman–Crippen LogP) is 5.62. The van der Waals surface area contributed by atoms with Crippen molar-refractivity contribution in [1.29, 1.82) is 0 Å². The number of nitrogens with zero attached hydrogens (tertiary/aromatic N) is 1. The van der Waals surface area contributed by atoms with Crippen molar-refractivity contribution in [3.05, 3.63) is 83.8 Å². The Balaban J connectivity index is 1.99. The van der Waals surface area contributed by atoms with Gasteiger partial charge in [-0.15, -0.1) is 6.58 Å². The summed E-state index contributed by atoms with van der Waals surface area (Å²) in [6.45, 7) is 10.2. The van der Waals surface area contributed by atoms with Crippen molar-refractivity contribution in [3.8, 4) is 11.5 Å². The maximum Gasteiger partial charge on any atom is 0.298 e. The number of hydrogen-bond acceptors (Lipinski definition) is 5. The van der Waals surface area contributed by atoms with Crippen LogP contribution < -0.4 is 14.4 Å². The molecule has 3 rings (SSSR count). The molecule has 0 atom stereocenters. The molecule has 0 bridgehead atoms. The van der Waals surface area contributed by atoms with Gasteiger partial charge in [-0.05, 0) is 61.0 Å². The van der Waals surface area contributed by atoms with Gasteiger partial charge in [0.1, 0.15) is 6.61 Å². The predicted molar refractivity (Wildman–Crippen MR) is 122 cm³/mol. The van der Waals surface area contributed by atoms with E-state index in [2.05, 4.69) is 13.2 Å². The highest BCUT2D eigenvalue weighted by atomic mass is 32.2. The number of carbonyl (C=O) groups is 2. The standard InChI is InChI=1S/C24H23NO4S/c1-4-10-18-14-17(15-20(28-6-3)22(18)29-13-5-2)16-21-23(26)25(24(27)30-21)19-11-8-7-9-12-19/h4-5,7-9,11-12,14-16H,1-2,6,10,13H2,3H3/b21-16-. The number of amides is 2. The van der Waals surface area contributed by atoms with Gasteiger partial charge in [0.15, 0.2) is 11.5 Å². The van der Waals surface area contributed by atoms with Crippen LogP contribution in [0.5, 0.6) is 11.5 Å². The number of thioether (sulfide) groups is 1. The SMILES string of the molecule is C=CCOc1c(CC=C)cc(/C=C2\SC(=O)N(c3ccccc3)C2=O)cc1OCC. The quantitative estimate of drug-likeness (QED) is 0.389. The van der Waals surface area contributed by atoms with Crippen LogP contribution in [0.1, 0.15) is 18.1 Å². The molecule has 0 radical (unpaired) electrons. The third-order valence-corrected chi connectivity index (χ3v) is 5.14. The Morgan fingerprint density at radius 2 is 1.83 bits per heavy atom. The zero-order valence-corrected chi connectivity index (χ0v) is 17.6. The molecule has 0 saturated carbocycles. The number of hydrogen-bond donors (Lipinski definition) is 0. The normalized spacial score (nSPS) is 14.8. The minimum atomic E-state index is -0.341. The molecule has 2 aromatic carbocycles. The van der Waals surface area contributed by atoms with Crippen LogP contribution in [0.3, 0.4) is 0 Å². The molecule has 0 unspecified atom stereocenters. The second kappa shape index (κ2) is 9.98. The summed E-state index contributed by atoms with van der Waals surface area (Å²) in [6, 6.07) is 12.6. The number of carbonyl (C=O) groups excluding carboxylic acids is 2. The fourth-order valence-corrected chi connectivity index (χ4v) is 3.90. The highest BCUT2D eigenvalue weighted by Gasteiger charge is 2.36. The molecule has 5 nitrogen and oxygen atoms in total. The lowest BCUT2D eigenvalue weighted by Crippen LogP contribution is -2.27. The number of para-hydroxylation sites is 1. The summed E-state index contributed by atoms with van der Waals surface area (Å²) in [5, 5.41) is -0.320. The first-order chi connectivity index (χ1) is 14.6. The molecule has 2 aromatic rings. The van der Waals surface area contributed by atoms with Gasteiger partial charge in [0.25, 0.3) is 11.1 Å². The summed E-state index contributed by atoms with van der Waals surface area (Å²) in [6.07, 6.45) is 5.72. The van der Waals surface area contributed by atoms with Gasteiger partial charge in [0.05, 0.1) is 17.2 Å². The summed E-state index contributed by atoms with van der Waals surface area (Å²) in [4.78, 5) is 26.9. The van der Waals surface area contributed by atoms with Crippen molar-refractivity contribution < 1.29 is 19.1 Å². The summed E-state index contributed by atoms with van der Waals surface area (Å²) < 4.78 is 11.6. The molecule has 1 heterocycles. The number of benzene rings is 2. The average molecular weight is 422 g/mol. The fourth-order valence-electron chi connectivity index (χ4n) is 3.06. The van der Waals surface area contributed by atoms with Crippen molar-refractivity contribution >= 4 is 34.7 Å². The first-order valence-corrected chi connectivity index (χ1v) is 10.4. The summed E-state index contributed by atoms with van der Waals surface area (Å²) in [7, 11) is 0. The molecular formula is C24H23NO4S. The van der Waals surface area contributed by atoms with Gasteiger partial charge in [0, 0.05) is 5.56 Å². The van der Waals surface area contributed by atoms with Gasteiger partial charge in [-0.1, -0.05) is 36.9 Å². The zero-order chi connectivity index (χ0) is 21.5. The van der Waals surface area contributed by atoms with E-state index in [1.165, 1.54) is 4.90 Å². The van der Waals surface area contributed by atoms with Gasteiger partial charge < -0.3 is 9.47 Å². The largest absolute Gasteiger partial charge is 0.490 e. The first-order valence-electron chi connectivity index (χ1n) is 9.56. The maximum absolute atomic E-state index is 12.9. The van der Waals surface area contributed by atoms with Crippen LogP contribution in [0.25, 0.3) is 6.08 Å². The van der Waals surface area contributed by atoms with E-state index in [4.69, 9.17) is 9.47 Å². The second-order valence-electron chi connectivity index (χ2n) is 6.39. The highest BCUT2D eigenvalue weighted by Crippen LogP contribution is 2.38. The van der Waals surface area contributed by atoms with Crippen molar-refractivity contribution in [1.82, 2.24) is 0 Å². The van der Waals surface area contributed by atoms with E-state index in [1.807, 2.05) is 25.1 Å². The number of imide groups is 1. The van der Waals surface area contributed by atoms with Crippen LogP contribution in [-0.4, -0.2) is 24.4 Å². The van der Waals surface area contributed by atoms with E-state index < -0.39 is 0 Å². The van der Waals surface area contributed by atoms with Crippen LogP contribution in [0.4, 0.5) is 10.5 Å². The topological polar surface area (TPSA) is 55.8 Å². The van der Waals surface area contributed by atoms with Crippen LogP contribution >= 0.6 is 11.8 Å². The van der Waals surface area contributed by atoms with Gasteiger partial charge >= 0.3 is 0 Å². The Hall–Kier alpha value is -3.25. The fraction of sp³-hybridized carbons (Fsp3) is 0.167. The average Bonchev–Trinajstić information content (AvgIpc) is 3.01. The molecule has 1 saturated heterocycles. The molecule has 154 valence electrons. The summed E-state index contributed by atoms with van der Waals surface area (Å²) in [5.41, 5.74) is 2.19. The molecule has 6 heteroatoms.